The lowest BCUT2D eigenvalue weighted by Crippen LogP contribution is -2.57. The number of aliphatic carboxylic acids is 1. The van der Waals surface area contributed by atoms with E-state index in [2.05, 4.69) is 0 Å². The maximum absolute atomic E-state index is 13.7. The van der Waals surface area contributed by atoms with E-state index in [0.29, 0.717) is 0 Å². The zero-order chi connectivity index (χ0) is 37.0. The third-order valence-corrected chi connectivity index (χ3v) is 9.10. The summed E-state index contributed by atoms with van der Waals surface area (Å²) in [5.41, 5.74) is -5.70. The van der Waals surface area contributed by atoms with Crippen molar-refractivity contribution in [3.63, 3.8) is 0 Å². The Morgan fingerprint density at radius 2 is 1.66 bits per heavy atom. The molecule has 2 aliphatic carbocycles. The fraction of sp³-hybridized carbons (Fsp3) is 0.469. The zero-order valence-electron chi connectivity index (χ0n) is 26.3. The molecular formula is C32H32F3NO14. The maximum Gasteiger partial charge on any atom is 0.471 e. The van der Waals surface area contributed by atoms with Crippen LogP contribution in [-0.4, -0.2) is 96.4 Å². The second-order valence-electron chi connectivity index (χ2n) is 12.3. The van der Waals surface area contributed by atoms with E-state index in [-0.39, 0.29) is 12.0 Å². The molecule has 0 radical (unpaired) electrons. The smallest absolute Gasteiger partial charge is 0.471 e. The van der Waals surface area contributed by atoms with Crippen molar-refractivity contribution in [2.75, 3.05) is 0 Å². The third-order valence-electron chi connectivity index (χ3n) is 9.10. The number of aliphatic hydroxyl groups is 2. The topological polar surface area (TPSA) is 246 Å². The van der Waals surface area contributed by atoms with Crippen LogP contribution in [0.2, 0.25) is 0 Å². The van der Waals surface area contributed by atoms with Gasteiger partial charge < -0.3 is 50.2 Å². The summed E-state index contributed by atoms with van der Waals surface area (Å²) in [4.78, 5) is 63.0. The predicted octanol–water partition coefficient (Wildman–Crippen LogP) is 2.17. The summed E-state index contributed by atoms with van der Waals surface area (Å²) in [5.74, 6) is -9.67. The van der Waals surface area contributed by atoms with Crippen molar-refractivity contribution in [3.8, 4) is 17.2 Å². The van der Waals surface area contributed by atoms with Crippen LogP contribution in [-0.2, 0) is 28.6 Å². The van der Waals surface area contributed by atoms with E-state index in [4.69, 9.17) is 19.3 Å². The van der Waals surface area contributed by atoms with Crippen LogP contribution < -0.4 is 5.32 Å². The molecule has 7 N–H and O–H groups in total. The number of phenolic OH excluding ortho intramolecular Hbond substituents is 3. The summed E-state index contributed by atoms with van der Waals surface area (Å²) in [5, 5.41) is 66.9. The number of amides is 1. The molecule has 15 nitrogen and oxygen atoms in total. The summed E-state index contributed by atoms with van der Waals surface area (Å²) in [6, 6.07) is 1.96. The standard InChI is InChI=1S/C32H32F3NO14/c1-3-31(47)10-15(49-18-9-13(24(41)11(2)48-18)36-30(46)32(33,34)35)20-23(29(31)50-17(40)8-7-16(38)39)28(45)21-22(27(20)44)26(43)19-12(25(21)42)5-4-6-14(19)37/h4-6,11,13,15,18,24,29,37,41,44-45,47H,3,7-10H2,1-2H3,(H,36,46)(H,38,39)/t11-,13-,15-,18-,24+,29+,31+/m0/s1. The number of hydrogen-bond donors (Lipinski definition) is 7. The predicted molar refractivity (Wildman–Crippen MR) is 157 cm³/mol. The van der Waals surface area contributed by atoms with E-state index < -0.39 is 149 Å². The monoisotopic (exact) mass is 711 g/mol. The lowest BCUT2D eigenvalue weighted by molar-refractivity contribution is -0.256. The number of esters is 1. The summed E-state index contributed by atoms with van der Waals surface area (Å²) < 4.78 is 56.2. The number of carboxylic acids is 1. The highest BCUT2D eigenvalue weighted by molar-refractivity contribution is 6.31. The quantitative estimate of drug-likeness (QED) is 0.131. The number of rotatable bonds is 8. The number of carboxylic acid groups (broad SMARTS) is 1. The van der Waals surface area contributed by atoms with E-state index >= 15 is 0 Å². The van der Waals surface area contributed by atoms with Gasteiger partial charge in [-0.3, -0.25) is 24.0 Å². The van der Waals surface area contributed by atoms with Gasteiger partial charge in [-0.2, -0.15) is 13.2 Å². The van der Waals surface area contributed by atoms with Crippen LogP contribution in [0.5, 0.6) is 17.2 Å². The van der Waals surface area contributed by atoms with Crippen LogP contribution in [0, 0.1) is 0 Å². The molecule has 0 spiro atoms. The minimum Gasteiger partial charge on any atom is -0.507 e. The fourth-order valence-electron chi connectivity index (χ4n) is 6.55. The van der Waals surface area contributed by atoms with Crippen molar-refractivity contribution < 1.29 is 82.0 Å². The van der Waals surface area contributed by atoms with Crippen molar-refractivity contribution in [1.29, 1.82) is 0 Å². The van der Waals surface area contributed by atoms with E-state index in [0.717, 1.165) is 6.07 Å². The van der Waals surface area contributed by atoms with E-state index in [1.807, 2.05) is 0 Å². The molecule has 0 bridgehead atoms. The molecule has 1 heterocycles. The van der Waals surface area contributed by atoms with E-state index in [1.54, 1.807) is 5.32 Å². The van der Waals surface area contributed by atoms with Crippen LogP contribution in [0.25, 0.3) is 0 Å². The Balaban J connectivity index is 1.65. The minimum absolute atomic E-state index is 0.269. The van der Waals surface area contributed by atoms with E-state index in [1.165, 1.54) is 26.0 Å². The highest BCUT2D eigenvalue weighted by Crippen LogP contribution is 2.57. The number of carbonyl (C=O) groups excluding carboxylic acids is 4. The molecule has 0 unspecified atom stereocenters. The summed E-state index contributed by atoms with van der Waals surface area (Å²) >= 11 is 0. The third kappa shape index (κ3) is 6.34. The second-order valence-corrected chi connectivity index (χ2v) is 12.3. The SMILES string of the molecule is CC[C@@]1(O)C[C@H](O[C@H]2C[C@H](NC(=O)C(F)(F)F)[C@H](O)[C@H](C)O2)c2c(O)c3c(c(O)c2[C@H]1OC(=O)CCC(=O)O)C(=O)c1cccc(O)c1C3=O. The Morgan fingerprint density at radius 1 is 1.02 bits per heavy atom. The number of halogens is 3. The molecule has 5 rings (SSSR count). The lowest BCUT2D eigenvalue weighted by atomic mass is 9.70. The molecule has 0 saturated carbocycles. The summed E-state index contributed by atoms with van der Waals surface area (Å²) in [6.45, 7) is 2.70. The summed E-state index contributed by atoms with van der Waals surface area (Å²) in [6.07, 6.45) is -16.1. The average Bonchev–Trinajstić information content (AvgIpc) is 3.03. The number of nitrogens with one attached hydrogen (secondary N) is 1. The number of aliphatic hydroxyl groups excluding tert-OH is 1. The Morgan fingerprint density at radius 3 is 2.28 bits per heavy atom. The number of fused-ring (bicyclic) bond motifs is 3. The van der Waals surface area contributed by atoms with Crippen LogP contribution in [0.15, 0.2) is 18.2 Å². The van der Waals surface area contributed by atoms with Gasteiger partial charge in [0.25, 0.3) is 0 Å². The molecule has 3 aliphatic rings. The van der Waals surface area contributed by atoms with Gasteiger partial charge in [0.15, 0.2) is 18.2 Å². The number of carbonyl (C=O) groups is 5. The molecule has 2 aromatic rings. The molecule has 50 heavy (non-hydrogen) atoms. The van der Waals surface area contributed by atoms with Crippen LogP contribution >= 0.6 is 0 Å². The molecule has 2 aromatic carbocycles. The average molecular weight is 712 g/mol. The first kappa shape index (κ1) is 36.5. The second kappa shape index (κ2) is 13.2. The van der Waals surface area contributed by atoms with Gasteiger partial charge in [-0.1, -0.05) is 19.1 Å². The number of ether oxygens (including phenoxy) is 3. The minimum atomic E-state index is -5.30. The number of aromatic hydroxyl groups is 3. The lowest BCUT2D eigenvalue weighted by Gasteiger charge is -2.46. The van der Waals surface area contributed by atoms with Crippen molar-refractivity contribution in [1.82, 2.24) is 5.32 Å². The normalized spacial score (nSPS) is 27.5. The molecule has 0 aromatic heterocycles. The van der Waals surface area contributed by atoms with Crippen LogP contribution in [0.3, 0.4) is 0 Å². The van der Waals surface area contributed by atoms with Gasteiger partial charge in [0.05, 0.1) is 47.8 Å². The molecule has 7 atom stereocenters. The van der Waals surface area contributed by atoms with Gasteiger partial charge >= 0.3 is 24.0 Å². The molecule has 270 valence electrons. The Labute approximate surface area is 280 Å². The first-order valence-corrected chi connectivity index (χ1v) is 15.3. The first-order chi connectivity index (χ1) is 23.3. The van der Waals surface area contributed by atoms with Gasteiger partial charge in [-0.15, -0.1) is 0 Å². The molecule has 1 aliphatic heterocycles. The fourth-order valence-corrected chi connectivity index (χ4v) is 6.55. The van der Waals surface area contributed by atoms with Crippen LogP contribution in [0.4, 0.5) is 13.2 Å². The van der Waals surface area contributed by atoms with Gasteiger partial charge in [-0.05, 0) is 19.4 Å². The largest absolute Gasteiger partial charge is 0.507 e. The Bertz CT molecular complexity index is 1780. The van der Waals surface area contributed by atoms with Crippen molar-refractivity contribution in [2.45, 2.75) is 94.5 Å². The van der Waals surface area contributed by atoms with Crippen LogP contribution in [0.1, 0.15) is 101 Å². The molecule has 18 heteroatoms. The highest BCUT2D eigenvalue weighted by Gasteiger charge is 2.54. The van der Waals surface area contributed by atoms with E-state index in [9.17, 15) is 62.7 Å². The molecular weight excluding hydrogens is 679 g/mol. The van der Waals surface area contributed by atoms with Gasteiger partial charge in [0, 0.05) is 29.5 Å². The first-order valence-electron chi connectivity index (χ1n) is 15.3. The Hall–Kier alpha value is -4.78. The van der Waals surface area contributed by atoms with Gasteiger partial charge in [-0.25, -0.2) is 0 Å². The molecule has 1 amide bonds. The molecule has 1 fully saturated rings. The van der Waals surface area contributed by atoms with Gasteiger partial charge in [0.2, 0.25) is 5.78 Å². The maximum atomic E-state index is 13.7. The highest BCUT2D eigenvalue weighted by atomic mass is 19.4. The van der Waals surface area contributed by atoms with Crippen molar-refractivity contribution >= 4 is 29.4 Å². The summed E-state index contributed by atoms with van der Waals surface area (Å²) in [7, 11) is 0. The Kier molecular flexibility index (Phi) is 9.61. The number of benzene rings is 2. The van der Waals surface area contributed by atoms with Crippen molar-refractivity contribution in [3.05, 3.63) is 51.6 Å². The number of ketones is 2. The van der Waals surface area contributed by atoms with Gasteiger partial charge in [0.1, 0.15) is 29.0 Å². The number of phenols is 3. The molecule has 1 saturated heterocycles. The van der Waals surface area contributed by atoms with Crippen molar-refractivity contribution in [2.24, 2.45) is 0 Å². The number of alkyl halides is 3. The zero-order valence-corrected chi connectivity index (χ0v) is 26.3. The number of hydrogen-bond acceptors (Lipinski definition) is 13.